The van der Waals surface area contributed by atoms with Gasteiger partial charge in [-0.25, -0.2) is 8.42 Å². The Morgan fingerprint density at radius 3 is 2.23 bits per heavy atom. The van der Waals surface area contributed by atoms with Gasteiger partial charge in [0.15, 0.2) is 9.84 Å². The summed E-state index contributed by atoms with van der Waals surface area (Å²) in [5.41, 5.74) is 3.04. The number of nitrogen functional groups attached to an aromatic ring is 1. The Hall–Kier alpha value is -0.780. The van der Waals surface area contributed by atoms with Crippen LogP contribution in [0.15, 0.2) is 29.2 Å². The summed E-state index contributed by atoms with van der Waals surface area (Å²) in [6.45, 7) is 0. The molecule has 0 heterocycles. The molecule has 6 heteroatoms. The molecular formula is C7H9ClN2O2S. The number of alkyl halides is 1. The first-order valence-electron chi connectivity index (χ1n) is 3.45. The van der Waals surface area contributed by atoms with Gasteiger partial charge in [-0.1, -0.05) is 0 Å². The zero-order valence-corrected chi connectivity index (χ0v) is 8.27. The quantitative estimate of drug-likeness (QED) is 0.452. The van der Waals surface area contributed by atoms with Gasteiger partial charge in [0.25, 0.3) is 0 Å². The van der Waals surface area contributed by atoms with Crippen LogP contribution in [0.5, 0.6) is 0 Å². The molecule has 0 spiro atoms. The van der Waals surface area contributed by atoms with Gasteiger partial charge in [-0.2, -0.15) is 0 Å². The van der Waals surface area contributed by atoms with Gasteiger partial charge in [0.1, 0.15) is 5.21 Å². The molecule has 0 saturated heterocycles. The lowest BCUT2D eigenvalue weighted by atomic mass is 10.3. The van der Waals surface area contributed by atoms with E-state index in [0.29, 0.717) is 5.69 Å². The first kappa shape index (κ1) is 10.3. The minimum atomic E-state index is -3.33. The number of sulfone groups is 1. The molecule has 4 nitrogen and oxygen atoms in total. The van der Waals surface area contributed by atoms with E-state index in [1.165, 1.54) is 12.1 Å². The zero-order chi connectivity index (χ0) is 9.90. The fourth-order valence-corrected chi connectivity index (χ4v) is 1.88. The molecule has 0 unspecified atom stereocenters. The molecule has 0 saturated carbocycles. The Bertz CT molecular complexity index is 374. The number of anilines is 1. The topological polar surface area (TPSA) is 72.2 Å². The lowest BCUT2D eigenvalue weighted by Gasteiger charge is -2.02. The third-order valence-corrected chi connectivity index (χ3v) is 3.66. The molecule has 1 aromatic rings. The molecule has 72 valence electrons. The van der Waals surface area contributed by atoms with E-state index >= 15 is 0 Å². The van der Waals surface area contributed by atoms with Crippen molar-refractivity contribution in [3.63, 3.8) is 0 Å². The summed E-state index contributed by atoms with van der Waals surface area (Å²) in [5.74, 6) is 5.12. The molecule has 0 radical (unpaired) electrons. The van der Waals surface area contributed by atoms with Crippen molar-refractivity contribution >= 4 is 27.1 Å². The summed E-state index contributed by atoms with van der Waals surface area (Å²) in [7, 11) is -3.33. The first-order chi connectivity index (χ1) is 6.10. The normalized spacial score (nSPS) is 11.2. The number of nitrogens with one attached hydrogen (secondary N) is 1. The molecule has 0 aliphatic rings. The van der Waals surface area contributed by atoms with E-state index in [2.05, 4.69) is 5.43 Å². The molecule has 13 heavy (non-hydrogen) atoms. The average molecular weight is 221 g/mol. The van der Waals surface area contributed by atoms with Crippen LogP contribution in [0.4, 0.5) is 5.69 Å². The number of halogens is 1. The average Bonchev–Trinajstić information content (AvgIpc) is 2.18. The van der Waals surface area contributed by atoms with Crippen molar-refractivity contribution in [2.45, 2.75) is 4.90 Å². The van der Waals surface area contributed by atoms with Gasteiger partial charge < -0.3 is 5.43 Å². The molecule has 0 aliphatic carbocycles. The summed E-state index contributed by atoms with van der Waals surface area (Å²) in [5, 5.41) is -0.414. The van der Waals surface area contributed by atoms with Gasteiger partial charge in [0, 0.05) is 5.69 Å². The SMILES string of the molecule is NNc1ccc(S(=O)(=O)CCl)cc1. The molecule has 0 fully saturated rings. The van der Waals surface area contributed by atoms with Crippen LogP contribution in [0.3, 0.4) is 0 Å². The van der Waals surface area contributed by atoms with Gasteiger partial charge in [0.05, 0.1) is 4.90 Å². The first-order valence-corrected chi connectivity index (χ1v) is 5.64. The highest BCUT2D eigenvalue weighted by Crippen LogP contribution is 2.15. The summed E-state index contributed by atoms with van der Waals surface area (Å²) >= 11 is 5.27. The molecule has 0 amide bonds. The Kier molecular flexibility index (Phi) is 3.13. The fraction of sp³-hybridized carbons (Fsp3) is 0.143. The number of nitrogens with two attached hydrogens (primary N) is 1. The van der Waals surface area contributed by atoms with Crippen molar-refractivity contribution in [1.29, 1.82) is 0 Å². The van der Waals surface area contributed by atoms with Crippen LogP contribution >= 0.6 is 11.6 Å². The highest BCUT2D eigenvalue weighted by atomic mass is 35.5. The minimum Gasteiger partial charge on any atom is -0.324 e. The van der Waals surface area contributed by atoms with Crippen LogP contribution in [0.2, 0.25) is 0 Å². The monoisotopic (exact) mass is 220 g/mol. The van der Waals surface area contributed by atoms with E-state index in [0.717, 1.165) is 0 Å². The predicted octanol–water partition coefficient (Wildman–Crippen LogP) is 0.942. The van der Waals surface area contributed by atoms with Gasteiger partial charge in [-0.3, -0.25) is 5.84 Å². The van der Waals surface area contributed by atoms with Crippen molar-refractivity contribution in [2.24, 2.45) is 5.84 Å². The predicted molar refractivity (Wildman–Crippen MR) is 52.2 cm³/mol. The highest BCUT2D eigenvalue weighted by Gasteiger charge is 2.11. The summed E-state index contributed by atoms with van der Waals surface area (Å²) < 4.78 is 22.4. The Morgan fingerprint density at radius 2 is 1.85 bits per heavy atom. The lowest BCUT2D eigenvalue weighted by Crippen LogP contribution is -2.07. The van der Waals surface area contributed by atoms with Gasteiger partial charge in [-0.05, 0) is 24.3 Å². The Balaban J connectivity index is 3.06. The van der Waals surface area contributed by atoms with Crippen LogP contribution in [0, 0.1) is 0 Å². The number of rotatable bonds is 3. The molecule has 1 rings (SSSR count). The maximum atomic E-state index is 11.2. The standard InChI is InChI=1S/C7H9ClN2O2S/c8-5-13(11,12)7-3-1-6(10-9)2-4-7/h1-4,10H,5,9H2. The van der Waals surface area contributed by atoms with Crippen molar-refractivity contribution in [3.05, 3.63) is 24.3 Å². The molecule has 0 bridgehead atoms. The van der Waals surface area contributed by atoms with E-state index < -0.39 is 15.0 Å². The molecule has 1 aromatic carbocycles. The summed E-state index contributed by atoms with van der Waals surface area (Å²) in [6.07, 6.45) is 0. The van der Waals surface area contributed by atoms with Gasteiger partial charge in [0.2, 0.25) is 0 Å². The van der Waals surface area contributed by atoms with Crippen molar-refractivity contribution in [1.82, 2.24) is 0 Å². The van der Waals surface area contributed by atoms with E-state index in [9.17, 15) is 8.42 Å². The number of benzene rings is 1. The molecule has 3 N–H and O–H groups in total. The van der Waals surface area contributed by atoms with E-state index in [1.54, 1.807) is 12.1 Å². The van der Waals surface area contributed by atoms with Crippen molar-refractivity contribution in [2.75, 3.05) is 10.6 Å². The molecule has 0 aromatic heterocycles. The number of hydrazine groups is 1. The van der Waals surface area contributed by atoms with Crippen molar-refractivity contribution < 1.29 is 8.42 Å². The smallest absolute Gasteiger partial charge is 0.192 e. The number of hydrogen-bond donors (Lipinski definition) is 2. The Morgan fingerprint density at radius 1 is 1.31 bits per heavy atom. The second kappa shape index (κ2) is 3.95. The van der Waals surface area contributed by atoms with Crippen LogP contribution in [-0.4, -0.2) is 13.6 Å². The highest BCUT2D eigenvalue weighted by molar-refractivity contribution is 7.92. The van der Waals surface area contributed by atoms with Gasteiger partial charge >= 0.3 is 0 Å². The number of hydrogen-bond acceptors (Lipinski definition) is 4. The fourth-order valence-electron chi connectivity index (χ4n) is 0.821. The second-order valence-corrected chi connectivity index (χ2v) is 4.97. The van der Waals surface area contributed by atoms with Crippen molar-refractivity contribution in [3.8, 4) is 0 Å². The summed E-state index contributed by atoms with van der Waals surface area (Å²) in [6, 6.07) is 6.04. The second-order valence-electron chi connectivity index (χ2n) is 2.39. The molecular weight excluding hydrogens is 212 g/mol. The maximum Gasteiger partial charge on any atom is 0.192 e. The van der Waals surface area contributed by atoms with E-state index in [4.69, 9.17) is 17.4 Å². The minimum absolute atomic E-state index is 0.196. The third kappa shape index (κ3) is 2.33. The zero-order valence-electron chi connectivity index (χ0n) is 6.70. The third-order valence-electron chi connectivity index (χ3n) is 1.52. The molecule has 0 aliphatic heterocycles. The summed E-state index contributed by atoms with van der Waals surface area (Å²) in [4.78, 5) is 0.196. The largest absolute Gasteiger partial charge is 0.324 e. The lowest BCUT2D eigenvalue weighted by molar-refractivity contribution is 0.600. The van der Waals surface area contributed by atoms with Crippen LogP contribution in [0.1, 0.15) is 0 Å². The van der Waals surface area contributed by atoms with E-state index in [1.807, 2.05) is 0 Å². The van der Waals surface area contributed by atoms with Crippen LogP contribution in [0.25, 0.3) is 0 Å². The Labute approximate surface area is 81.6 Å². The van der Waals surface area contributed by atoms with Crippen LogP contribution in [-0.2, 0) is 9.84 Å². The maximum absolute atomic E-state index is 11.2. The van der Waals surface area contributed by atoms with Gasteiger partial charge in [-0.15, -0.1) is 11.6 Å². The van der Waals surface area contributed by atoms with E-state index in [-0.39, 0.29) is 4.90 Å². The molecule has 0 atom stereocenters. The van der Waals surface area contributed by atoms with Crippen LogP contribution < -0.4 is 11.3 Å².